The van der Waals surface area contributed by atoms with Crippen LogP contribution < -0.4 is 0 Å². The van der Waals surface area contributed by atoms with Gasteiger partial charge in [0.15, 0.2) is 0 Å². The summed E-state index contributed by atoms with van der Waals surface area (Å²) >= 11 is 0. The van der Waals surface area contributed by atoms with Crippen molar-refractivity contribution in [3.05, 3.63) is 89.5 Å². The number of aryl methyl sites for hydroxylation is 3. The smallest absolute Gasteiger partial charge is 0.744 e. The molecule has 3 aromatic carbocycles. The summed E-state index contributed by atoms with van der Waals surface area (Å²) < 4.78 is 101. The Balaban J connectivity index is 0.000000968. The Labute approximate surface area is 420 Å². The van der Waals surface area contributed by atoms with E-state index in [9.17, 15) is 38.9 Å². The second-order valence-corrected chi connectivity index (χ2v) is 22.0. The molecule has 0 saturated carbocycles. The summed E-state index contributed by atoms with van der Waals surface area (Å²) in [5.41, 5.74) is 1.99. The van der Waals surface area contributed by atoms with Crippen molar-refractivity contribution in [2.45, 2.75) is 247 Å². The zero-order valence-electron chi connectivity index (χ0n) is 41.5. The number of benzene rings is 3. The third-order valence-electron chi connectivity index (χ3n) is 12.1. The maximum atomic E-state index is 11.2. The largest absolute Gasteiger partial charge is 3.00 e. The van der Waals surface area contributed by atoms with Gasteiger partial charge in [0.2, 0.25) is 0 Å². The summed E-state index contributed by atoms with van der Waals surface area (Å²) in [4.78, 5) is -0.150. The van der Waals surface area contributed by atoms with Crippen LogP contribution in [-0.4, -0.2) is 38.9 Å². The van der Waals surface area contributed by atoms with Crippen LogP contribution in [-0.2, 0) is 66.7 Å². The van der Waals surface area contributed by atoms with Gasteiger partial charge in [-0.15, -0.1) is 0 Å². The van der Waals surface area contributed by atoms with E-state index in [2.05, 4.69) is 20.8 Å². The molecule has 383 valence electrons. The van der Waals surface area contributed by atoms with Crippen molar-refractivity contribution in [2.75, 3.05) is 0 Å². The quantitative estimate of drug-likeness (QED) is 0.0312. The number of hydrogen-bond donors (Lipinski definition) is 0. The maximum Gasteiger partial charge on any atom is 3.00 e. The molecule has 0 amide bonds. The average Bonchev–Trinajstić information content (AvgIpc) is 3.28. The molecule has 9 nitrogen and oxygen atoms in total. The minimum absolute atomic E-state index is 0. The van der Waals surface area contributed by atoms with Crippen LogP contribution in [0, 0.1) is 0 Å². The molecule has 0 unspecified atom stereocenters. The molecule has 0 bridgehead atoms. The van der Waals surface area contributed by atoms with Gasteiger partial charge in [-0.25, -0.2) is 25.3 Å². The van der Waals surface area contributed by atoms with E-state index in [4.69, 9.17) is 0 Å². The van der Waals surface area contributed by atoms with Crippen LogP contribution in [0.25, 0.3) is 0 Å². The van der Waals surface area contributed by atoms with E-state index in [1.54, 1.807) is 54.6 Å². The van der Waals surface area contributed by atoms with Crippen LogP contribution in [0.4, 0.5) is 0 Å². The third-order valence-corrected chi connectivity index (χ3v) is 14.9. The van der Waals surface area contributed by atoms with E-state index in [0.29, 0.717) is 36.0 Å². The monoisotopic (exact) mass is 1030 g/mol. The van der Waals surface area contributed by atoms with Crippen molar-refractivity contribution < 1.29 is 56.0 Å². The average molecular weight is 1030 g/mol. The molecule has 0 atom stereocenters. The fourth-order valence-corrected chi connectivity index (χ4v) is 10.5. The molecule has 3 aromatic rings. The SMILES string of the molecule is CCCCCCCCCCCCc1ccccc1S(=O)(=O)[O-].CCCCCCCCCCCCc1ccccc1S(=O)(=O)[O-].CCCCCCCCCCCCc1ccccc1S(=O)(=O)[O-].[Fe+3]. The molecule has 0 N–H and O–H groups in total. The molecule has 0 aliphatic heterocycles. The number of unbranched alkanes of at least 4 members (excludes halogenated alkanes) is 27. The fourth-order valence-electron chi connectivity index (χ4n) is 8.27. The Morgan fingerprint density at radius 3 is 0.627 bits per heavy atom. The first-order valence-corrected chi connectivity index (χ1v) is 30.0. The molecule has 0 aromatic heterocycles. The fraction of sp³-hybridized carbons (Fsp3) is 0.667. The first-order chi connectivity index (χ1) is 31.7. The Hall–Kier alpha value is -2.09. The van der Waals surface area contributed by atoms with Crippen LogP contribution in [0.5, 0.6) is 0 Å². The zero-order valence-corrected chi connectivity index (χ0v) is 45.1. The van der Waals surface area contributed by atoms with E-state index in [1.807, 2.05) is 0 Å². The molecule has 3 rings (SSSR count). The van der Waals surface area contributed by atoms with Crippen molar-refractivity contribution >= 4 is 30.4 Å². The summed E-state index contributed by atoms with van der Waals surface area (Å²) in [5, 5.41) is 0. The summed E-state index contributed by atoms with van der Waals surface area (Å²) in [6, 6.07) is 19.7. The first kappa shape index (κ1) is 64.9. The maximum absolute atomic E-state index is 11.2. The van der Waals surface area contributed by atoms with Gasteiger partial charge in [-0.1, -0.05) is 249 Å². The molecule has 0 heterocycles. The summed E-state index contributed by atoms with van der Waals surface area (Å²) in [6.07, 6.45) is 39.5. The first-order valence-electron chi connectivity index (χ1n) is 25.8. The molecule has 13 heteroatoms. The van der Waals surface area contributed by atoms with Gasteiger partial charge < -0.3 is 13.7 Å². The Morgan fingerprint density at radius 1 is 0.284 bits per heavy atom. The van der Waals surface area contributed by atoms with Gasteiger partial charge in [0.05, 0.1) is 14.7 Å². The standard InChI is InChI=1S/3C18H30O3S.Fe/c3*1-2-3-4-5-6-7-8-9-10-11-14-17-15-12-13-16-18(17)22(19,20)21;/h3*12-13,15-16H,2-11,14H2,1H3,(H,19,20,21);/q;;;+3/p-3. The Kier molecular flexibility index (Phi) is 39.4. The van der Waals surface area contributed by atoms with Crippen molar-refractivity contribution in [1.82, 2.24) is 0 Å². The summed E-state index contributed by atoms with van der Waals surface area (Å²) in [5.74, 6) is 0. The van der Waals surface area contributed by atoms with Crippen molar-refractivity contribution in [1.29, 1.82) is 0 Å². The molecule has 0 aliphatic rings. The molecule has 0 fully saturated rings. The molecular weight excluding hydrogens is 945 g/mol. The molecule has 0 aliphatic carbocycles. The molecule has 1 radical (unpaired) electrons. The second kappa shape index (κ2) is 40.6. The van der Waals surface area contributed by atoms with Gasteiger partial charge in [0.25, 0.3) is 0 Å². The van der Waals surface area contributed by atoms with Crippen LogP contribution in [0.15, 0.2) is 87.5 Å². The van der Waals surface area contributed by atoms with Gasteiger partial charge in [0, 0.05) is 0 Å². The van der Waals surface area contributed by atoms with Crippen LogP contribution in [0.1, 0.15) is 230 Å². The van der Waals surface area contributed by atoms with Gasteiger partial charge in [0.1, 0.15) is 30.4 Å². The van der Waals surface area contributed by atoms with Gasteiger partial charge >= 0.3 is 17.1 Å². The van der Waals surface area contributed by atoms with E-state index in [-0.39, 0.29) is 31.8 Å². The Bertz CT molecular complexity index is 1760. The van der Waals surface area contributed by atoms with E-state index < -0.39 is 30.4 Å². The minimum Gasteiger partial charge on any atom is -0.744 e. The second-order valence-electron chi connectivity index (χ2n) is 18.0. The van der Waals surface area contributed by atoms with Crippen molar-refractivity contribution in [3.63, 3.8) is 0 Å². The van der Waals surface area contributed by atoms with Gasteiger partial charge in [-0.2, -0.15) is 0 Å². The predicted molar refractivity (Wildman–Crippen MR) is 270 cm³/mol. The van der Waals surface area contributed by atoms with E-state index >= 15 is 0 Å². The van der Waals surface area contributed by atoms with Crippen LogP contribution in [0.2, 0.25) is 0 Å². The topological polar surface area (TPSA) is 172 Å². The van der Waals surface area contributed by atoms with Gasteiger partial charge in [-0.3, -0.25) is 0 Å². The minimum atomic E-state index is -4.35. The summed E-state index contributed by atoms with van der Waals surface area (Å²) in [6.45, 7) is 6.70. The number of rotatable bonds is 36. The molecule has 0 spiro atoms. The summed E-state index contributed by atoms with van der Waals surface area (Å²) in [7, 11) is -13.0. The van der Waals surface area contributed by atoms with Crippen LogP contribution >= 0.6 is 0 Å². The molecule has 0 saturated heterocycles. The van der Waals surface area contributed by atoms with E-state index in [1.165, 1.54) is 172 Å². The molecule has 67 heavy (non-hydrogen) atoms. The zero-order chi connectivity index (χ0) is 48.8. The normalized spacial score (nSPS) is 11.6. The van der Waals surface area contributed by atoms with Crippen LogP contribution in [0.3, 0.4) is 0 Å². The Morgan fingerprint density at radius 2 is 0.448 bits per heavy atom. The van der Waals surface area contributed by atoms with Crippen molar-refractivity contribution in [3.8, 4) is 0 Å². The third kappa shape index (κ3) is 34.0. The van der Waals surface area contributed by atoms with Gasteiger partial charge in [-0.05, 0) is 73.4 Å². The van der Waals surface area contributed by atoms with E-state index in [0.717, 1.165) is 38.5 Å². The van der Waals surface area contributed by atoms with Crippen molar-refractivity contribution in [2.24, 2.45) is 0 Å². The number of hydrogen-bond acceptors (Lipinski definition) is 9. The molecular formula is C54H87FeO9S3. The predicted octanol–water partition coefficient (Wildman–Crippen LogP) is 15.2.